The van der Waals surface area contributed by atoms with Crippen LogP contribution in [0, 0.1) is 5.92 Å². The Morgan fingerprint density at radius 1 is 1.42 bits per heavy atom. The predicted octanol–water partition coefficient (Wildman–Crippen LogP) is 3.43. The van der Waals surface area contributed by atoms with Crippen LogP contribution in [-0.4, -0.2) is 29.1 Å². The van der Waals surface area contributed by atoms with E-state index in [1.807, 2.05) is 13.8 Å². The number of alkyl halides is 2. The Labute approximate surface area is 113 Å². The number of carbonyl (C=O) groups is 1. The molecule has 0 saturated heterocycles. The highest BCUT2D eigenvalue weighted by Gasteiger charge is 2.37. The summed E-state index contributed by atoms with van der Waals surface area (Å²) in [5.74, 6) is -3.21. The number of hydrogen-bond acceptors (Lipinski definition) is 2. The summed E-state index contributed by atoms with van der Waals surface area (Å²) in [5, 5.41) is 12.3. The first kappa shape index (κ1) is 16.3. The molecule has 0 aromatic heterocycles. The van der Waals surface area contributed by atoms with Crippen LogP contribution in [0.25, 0.3) is 0 Å². The lowest BCUT2D eigenvalue weighted by Crippen LogP contribution is -2.46. The van der Waals surface area contributed by atoms with Gasteiger partial charge < -0.3 is 10.4 Å². The molecule has 0 aromatic carbocycles. The number of unbranched alkanes of at least 4 members (excludes halogenated alkanes) is 1. The van der Waals surface area contributed by atoms with Crippen LogP contribution in [0.4, 0.5) is 8.78 Å². The Balaban J connectivity index is 2.44. The van der Waals surface area contributed by atoms with Crippen LogP contribution in [0.15, 0.2) is 0 Å². The van der Waals surface area contributed by atoms with Gasteiger partial charge in [0.15, 0.2) is 0 Å². The number of rotatable bonds is 7. The molecule has 1 saturated carbocycles. The van der Waals surface area contributed by atoms with Crippen LogP contribution < -0.4 is 5.32 Å². The minimum atomic E-state index is -2.52. The van der Waals surface area contributed by atoms with Gasteiger partial charge in [0.2, 0.25) is 5.92 Å². The van der Waals surface area contributed by atoms with Gasteiger partial charge in [-0.05, 0) is 32.1 Å². The van der Waals surface area contributed by atoms with Crippen LogP contribution in [-0.2, 0) is 4.79 Å². The average Bonchev–Trinajstić information content (AvgIpc) is 2.33. The standard InChI is InChI=1S/C14H25F2NO2/c1-3-4-5-12(13(18)19)17-10(2)11-6-8-14(15,16)9-7-11/h10-12,17H,3-9H2,1-2H3,(H,18,19). The van der Waals surface area contributed by atoms with Crippen molar-refractivity contribution in [3.05, 3.63) is 0 Å². The van der Waals surface area contributed by atoms with Crippen molar-refractivity contribution in [2.75, 3.05) is 0 Å². The Kier molecular flexibility index (Phi) is 6.17. The van der Waals surface area contributed by atoms with E-state index in [0.29, 0.717) is 19.3 Å². The lowest BCUT2D eigenvalue weighted by molar-refractivity contribution is -0.140. The molecule has 0 radical (unpaired) electrons. The van der Waals surface area contributed by atoms with Crippen molar-refractivity contribution in [1.29, 1.82) is 0 Å². The van der Waals surface area contributed by atoms with Crippen molar-refractivity contribution < 1.29 is 18.7 Å². The Morgan fingerprint density at radius 2 is 2.00 bits per heavy atom. The van der Waals surface area contributed by atoms with Gasteiger partial charge in [-0.15, -0.1) is 0 Å². The molecular formula is C14H25F2NO2. The highest BCUT2D eigenvalue weighted by Crippen LogP contribution is 2.37. The number of carboxylic acid groups (broad SMARTS) is 1. The van der Waals surface area contributed by atoms with E-state index in [0.717, 1.165) is 12.8 Å². The summed E-state index contributed by atoms with van der Waals surface area (Å²) in [6.45, 7) is 3.93. The average molecular weight is 277 g/mol. The summed E-state index contributed by atoms with van der Waals surface area (Å²) in [6, 6.07) is -0.577. The van der Waals surface area contributed by atoms with E-state index in [1.165, 1.54) is 0 Å². The van der Waals surface area contributed by atoms with Crippen molar-refractivity contribution in [2.45, 2.75) is 76.8 Å². The maximum atomic E-state index is 13.1. The monoisotopic (exact) mass is 277 g/mol. The molecule has 0 aliphatic heterocycles. The van der Waals surface area contributed by atoms with Gasteiger partial charge >= 0.3 is 5.97 Å². The minimum absolute atomic E-state index is 0.0194. The second kappa shape index (κ2) is 7.17. The fraction of sp³-hybridized carbons (Fsp3) is 0.929. The molecule has 2 N–H and O–H groups in total. The minimum Gasteiger partial charge on any atom is -0.480 e. The highest BCUT2D eigenvalue weighted by atomic mass is 19.3. The molecule has 0 spiro atoms. The fourth-order valence-corrected chi connectivity index (χ4v) is 2.70. The van der Waals surface area contributed by atoms with Crippen molar-refractivity contribution in [2.24, 2.45) is 5.92 Å². The number of aliphatic carboxylic acids is 1. The van der Waals surface area contributed by atoms with Gasteiger partial charge in [-0.2, -0.15) is 0 Å². The molecule has 2 atom stereocenters. The van der Waals surface area contributed by atoms with Gasteiger partial charge in [0, 0.05) is 18.9 Å². The quantitative estimate of drug-likeness (QED) is 0.749. The fourth-order valence-electron chi connectivity index (χ4n) is 2.70. The Bertz CT molecular complexity index is 287. The van der Waals surface area contributed by atoms with Crippen molar-refractivity contribution in [1.82, 2.24) is 5.32 Å². The first-order valence-electron chi connectivity index (χ1n) is 7.22. The van der Waals surface area contributed by atoms with E-state index in [1.54, 1.807) is 0 Å². The lowest BCUT2D eigenvalue weighted by Gasteiger charge is -2.33. The smallest absolute Gasteiger partial charge is 0.320 e. The van der Waals surface area contributed by atoms with E-state index in [4.69, 9.17) is 5.11 Å². The van der Waals surface area contributed by atoms with Gasteiger partial charge in [-0.25, -0.2) is 8.78 Å². The first-order valence-corrected chi connectivity index (χ1v) is 7.22. The largest absolute Gasteiger partial charge is 0.480 e. The number of nitrogens with one attached hydrogen (secondary N) is 1. The van der Waals surface area contributed by atoms with Crippen LogP contribution in [0.2, 0.25) is 0 Å². The molecule has 112 valence electrons. The zero-order chi connectivity index (χ0) is 14.5. The molecule has 1 aliphatic rings. The SMILES string of the molecule is CCCCC(NC(C)C1CCC(F)(F)CC1)C(=O)O. The topological polar surface area (TPSA) is 49.3 Å². The van der Waals surface area contributed by atoms with E-state index in [2.05, 4.69) is 5.32 Å². The van der Waals surface area contributed by atoms with Crippen LogP contribution in [0.1, 0.15) is 58.8 Å². The summed E-state index contributed by atoms with van der Waals surface area (Å²) in [7, 11) is 0. The predicted molar refractivity (Wildman–Crippen MR) is 70.5 cm³/mol. The van der Waals surface area contributed by atoms with Gasteiger partial charge in [-0.1, -0.05) is 19.8 Å². The first-order chi connectivity index (χ1) is 8.85. The van der Waals surface area contributed by atoms with Crippen molar-refractivity contribution >= 4 is 5.97 Å². The summed E-state index contributed by atoms with van der Waals surface area (Å²) in [4.78, 5) is 11.1. The maximum Gasteiger partial charge on any atom is 0.320 e. The van der Waals surface area contributed by atoms with Gasteiger partial charge in [0.25, 0.3) is 0 Å². The molecule has 0 amide bonds. The Hall–Kier alpha value is -0.710. The third kappa shape index (κ3) is 5.43. The molecule has 0 bridgehead atoms. The zero-order valence-electron chi connectivity index (χ0n) is 11.8. The van der Waals surface area contributed by atoms with Crippen LogP contribution in [0.3, 0.4) is 0 Å². The van der Waals surface area contributed by atoms with E-state index in [9.17, 15) is 13.6 Å². The van der Waals surface area contributed by atoms with E-state index < -0.39 is 17.9 Å². The van der Waals surface area contributed by atoms with E-state index in [-0.39, 0.29) is 24.8 Å². The van der Waals surface area contributed by atoms with Crippen LogP contribution >= 0.6 is 0 Å². The number of hydrogen-bond donors (Lipinski definition) is 2. The maximum absolute atomic E-state index is 13.1. The third-order valence-electron chi connectivity index (χ3n) is 4.08. The van der Waals surface area contributed by atoms with Gasteiger partial charge in [-0.3, -0.25) is 4.79 Å². The second-order valence-electron chi connectivity index (χ2n) is 5.68. The molecule has 19 heavy (non-hydrogen) atoms. The van der Waals surface area contributed by atoms with Crippen molar-refractivity contribution in [3.63, 3.8) is 0 Å². The molecule has 0 aromatic rings. The summed E-state index contributed by atoms with van der Waals surface area (Å²) in [6.07, 6.45) is 3.21. The summed E-state index contributed by atoms with van der Waals surface area (Å²) in [5.41, 5.74) is 0. The highest BCUT2D eigenvalue weighted by molar-refractivity contribution is 5.73. The molecular weight excluding hydrogens is 252 g/mol. The molecule has 1 aliphatic carbocycles. The molecule has 5 heteroatoms. The Morgan fingerprint density at radius 3 is 2.47 bits per heavy atom. The van der Waals surface area contributed by atoms with E-state index >= 15 is 0 Å². The molecule has 0 heterocycles. The van der Waals surface area contributed by atoms with Gasteiger partial charge in [0.1, 0.15) is 6.04 Å². The summed E-state index contributed by atoms with van der Waals surface area (Å²) >= 11 is 0. The number of halogens is 2. The third-order valence-corrected chi connectivity index (χ3v) is 4.08. The van der Waals surface area contributed by atoms with Crippen LogP contribution in [0.5, 0.6) is 0 Å². The summed E-state index contributed by atoms with van der Waals surface area (Å²) < 4.78 is 26.2. The lowest BCUT2D eigenvalue weighted by atomic mass is 9.82. The second-order valence-corrected chi connectivity index (χ2v) is 5.68. The van der Waals surface area contributed by atoms with Gasteiger partial charge in [0.05, 0.1) is 0 Å². The van der Waals surface area contributed by atoms with Crippen molar-refractivity contribution in [3.8, 4) is 0 Å². The molecule has 2 unspecified atom stereocenters. The molecule has 3 nitrogen and oxygen atoms in total. The molecule has 1 fully saturated rings. The zero-order valence-corrected chi connectivity index (χ0v) is 11.8. The molecule has 1 rings (SSSR count). The number of carboxylic acids is 1. The normalized spacial score (nSPS) is 22.9.